The van der Waals surface area contributed by atoms with E-state index in [2.05, 4.69) is 47.4 Å². The van der Waals surface area contributed by atoms with Crippen LogP contribution in [0.2, 0.25) is 0 Å². The maximum atomic E-state index is 14.8. The summed E-state index contributed by atoms with van der Waals surface area (Å²) in [4.78, 5) is 146. The quantitative estimate of drug-likeness (QED) is 0.0336. The van der Waals surface area contributed by atoms with Crippen molar-refractivity contribution in [2.24, 2.45) is 11.1 Å². The summed E-state index contributed by atoms with van der Waals surface area (Å²) >= 11 is 0.815. The summed E-state index contributed by atoms with van der Waals surface area (Å²) in [6.07, 6.45) is -1.19. The van der Waals surface area contributed by atoms with Crippen LogP contribution in [0.25, 0.3) is 10.1 Å². The van der Waals surface area contributed by atoms with Crippen molar-refractivity contribution in [2.45, 2.75) is 164 Å². The Morgan fingerprint density at radius 2 is 1.54 bits per heavy atom. The van der Waals surface area contributed by atoms with Crippen molar-refractivity contribution in [2.75, 3.05) is 38.0 Å². The number of halogens is 4. The molecule has 10 rings (SSSR count). The number of aliphatic hydroxyl groups excluding tert-OH is 1. The molecule has 9 amide bonds. The van der Waals surface area contributed by atoms with Gasteiger partial charge < -0.3 is 46.8 Å². The number of carbonyl (C=O) groups is 9. The number of thiophene rings is 1. The van der Waals surface area contributed by atoms with E-state index in [9.17, 15) is 80.2 Å². The summed E-state index contributed by atoms with van der Waals surface area (Å²) in [5, 5.41) is 26.4. The zero-order valence-corrected chi connectivity index (χ0v) is 51.4. The van der Waals surface area contributed by atoms with Gasteiger partial charge in [0.15, 0.2) is 0 Å². The number of benzene rings is 3. The maximum absolute atomic E-state index is 14.8. The van der Waals surface area contributed by atoms with E-state index in [4.69, 9.17) is 5.73 Å². The van der Waals surface area contributed by atoms with Gasteiger partial charge in [-0.1, -0.05) is 51.1 Å². The number of likely N-dealkylation sites (tertiary alicyclic amines) is 1. The van der Waals surface area contributed by atoms with Crippen molar-refractivity contribution in [3.05, 3.63) is 99.4 Å². The number of nitrogens with one attached hydrogen (secondary N) is 5. The minimum Gasteiger partial charge on any atom is -0.382 e. The zero-order chi connectivity index (χ0) is 64.9. The number of carbonyl (C=O) groups excluding carboxylic acids is 9. The third kappa shape index (κ3) is 14.0. The van der Waals surface area contributed by atoms with Gasteiger partial charge in [0.2, 0.25) is 35.4 Å². The first-order valence-corrected chi connectivity index (χ1v) is 32.5. The molecule has 3 aromatic carbocycles. The summed E-state index contributed by atoms with van der Waals surface area (Å²) in [5.74, 6) is -6.41. The minimum absolute atomic E-state index is 0.00206. The first-order valence-electron chi connectivity index (χ1n) is 30.0. The van der Waals surface area contributed by atoms with Gasteiger partial charge in [-0.2, -0.15) is 8.78 Å². The number of hydrogen-bond acceptors (Lipinski definition) is 15. The smallest absolute Gasteiger partial charge is 0.382 e. The summed E-state index contributed by atoms with van der Waals surface area (Å²) in [6.45, 7) is 5.95. The van der Waals surface area contributed by atoms with Crippen LogP contribution in [0.15, 0.2) is 66.7 Å². The highest BCUT2D eigenvalue weighted by atomic mass is 32.1. The van der Waals surface area contributed by atoms with Gasteiger partial charge in [0.05, 0.1) is 28.6 Å². The topological polar surface area (TPSA) is 331 Å². The Morgan fingerprint density at radius 1 is 0.856 bits per heavy atom. The molecular formula is C61H73F4N10O13PS. The van der Waals surface area contributed by atoms with Gasteiger partial charge >= 0.3 is 13.3 Å². The molecule has 0 bridgehead atoms. The van der Waals surface area contributed by atoms with E-state index >= 15 is 0 Å². The molecule has 2 unspecified atom stereocenters. The molecule has 23 nitrogen and oxygen atoms in total. The number of hydrogen-bond donors (Lipinski definition) is 9. The van der Waals surface area contributed by atoms with Gasteiger partial charge in [-0.15, -0.1) is 11.3 Å². The van der Waals surface area contributed by atoms with E-state index in [-0.39, 0.29) is 101 Å². The highest BCUT2D eigenvalue weighted by Crippen LogP contribution is 2.59. The van der Waals surface area contributed by atoms with Gasteiger partial charge in [0.1, 0.15) is 30.4 Å². The number of rotatable bonds is 20. The molecule has 484 valence electrons. The minimum atomic E-state index is -5.94. The normalized spacial score (nSPS) is 22.9. The molecular weight excluding hydrogens is 1220 g/mol. The third-order valence-corrected chi connectivity index (χ3v) is 20.5. The van der Waals surface area contributed by atoms with Gasteiger partial charge in [-0.3, -0.25) is 67.7 Å². The monoisotopic (exact) mass is 1290 g/mol. The second kappa shape index (κ2) is 25.8. The van der Waals surface area contributed by atoms with Crippen LogP contribution < -0.4 is 32.3 Å². The number of piperidine rings is 2. The molecule has 29 heteroatoms. The van der Waals surface area contributed by atoms with Crippen LogP contribution >= 0.6 is 18.9 Å². The average Bonchev–Trinajstić information content (AvgIpc) is 2.85. The van der Waals surface area contributed by atoms with Gasteiger partial charge in [-0.25, -0.2) is 8.78 Å². The van der Waals surface area contributed by atoms with E-state index in [1.807, 2.05) is 29.2 Å². The van der Waals surface area contributed by atoms with E-state index in [1.165, 1.54) is 15.9 Å². The molecule has 6 heterocycles. The van der Waals surface area contributed by atoms with Crippen LogP contribution in [0.1, 0.15) is 138 Å². The molecule has 4 saturated heterocycles. The molecule has 0 radical (unpaired) electrons. The molecule has 10 N–H and O–H groups in total. The van der Waals surface area contributed by atoms with E-state index in [0.717, 1.165) is 58.4 Å². The zero-order valence-electron chi connectivity index (χ0n) is 49.7. The number of primary amides is 1. The molecule has 6 aliphatic rings. The predicted molar refractivity (Wildman–Crippen MR) is 320 cm³/mol. The SMILES string of the molecule is CC(C)(C)c1ccc(C[C@H](NC(=O)[C@H](CCC(N)=O)NC(=O)[C@@H]2CC[C@@H]3CCN(CC(F)F)C[C@H](NC(=O)c4cc5cc(C(F)(F)P(=O)(O)O)ccc5s4)C(=O)N32)C(O)N2CCC3(CC2)CC(Nc2ccc4c(c2)C(=O)N(C2CCC(=O)NC2=O)C4=O)C3)cc1. The highest BCUT2D eigenvalue weighted by Gasteiger charge is 2.52. The Balaban J connectivity index is 0.815. The fourth-order valence-electron chi connectivity index (χ4n) is 13.4. The number of imide groups is 2. The van der Waals surface area contributed by atoms with Crippen LogP contribution in [0.3, 0.4) is 0 Å². The van der Waals surface area contributed by atoms with E-state index in [1.54, 1.807) is 18.2 Å². The van der Waals surface area contributed by atoms with Gasteiger partial charge in [-0.05, 0) is 128 Å². The number of nitrogens with zero attached hydrogens (tertiary/aromatic N) is 4. The van der Waals surface area contributed by atoms with E-state index < -0.39 is 134 Å². The number of nitrogens with two attached hydrogens (primary N) is 1. The molecule has 5 aliphatic heterocycles. The summed E-state index contributed by atoms with van der Waals surface area (Å²) in [7, 11) is -5.94. The van der Waals surface area contributed by atoms with Gasteiger partial charge in [0, 0.05) is 67.1 Å². The first-order chi connectivity index (χ1) is 42.4. The third-order valence-electron chi connectivity index (χ3n) is 18.4. The van der Waals surface area contributed by atoms with Crippen molar-refractivity contribution in [3.8, 4) is 0 Å². The summed E-state index contributed by atoms with van der Waals surface area (Å²) in [5.41, 5.74) is 2.55. The number of amides is 9. The molecule has 1 spiro atoms. The maximum Gasteiger partial charge on any atom is 0.399 e. The van der Waals surface area contributed by atoms with Crippen LogP contribution in [0.4, 0.5) is 23.2 Å². The Labute approximate surface area is 519 Å². The largest absolute Gasteiger partial charge is 0.399 e. The van der Waals surface area contributed by atoms with Crippen LogP contribution in [-0.4, -0.2) is 175 Å². The number of aliphatic hydroxyl groups is 1. The van der Waals surface area contributed by atoms with Crippen molar-refractivity contribution < 1.29 is 80.2 Å². The van der Waals surface area contributed by atoms with Gasteiger partial charge in [0.25, 0.3) is 24.1 Å². The molecule has 1 aromatic heterocycles. The van der Waals surface area contributed by atoms with E-state index in [0.29, 0.717) is 31.6 Å². The molecule has 5 fully saturated rings. The number of fused-ring (bicyclic) bond motifs is 3. The van der Waals surface area contributed by atoms with Crippen molar-refractivity contribution in [1.29, 1.82) is 0 Å². The second-order valence-corrected chi connectivity index (χ2v) is 28.4. The average molecular weight is 1290 g/mol. The molecule has 90 heavy (non-hydrogen) atoms. The molecule has 4 aromatic rings. The molecule has 7 atom stereocenters. The standard InChI is InChI=1S/C61H73F4N10O13PS/c1-59(2,3)34-6-4-32(5-7-34)24-42(57(84)73-22-19-60(20-23-73)28-37(29-60)67-36-9-11-39-40(27-36)56(83)75(55(39)82)45-14-17-50(77)71-53(45)80)69-51(78)41(12-16-49(66)76)68-52(79)44-13-10-38-18-21-72(31-48(62)63)30-43(58(85)74(38)44)70-54(81)47-26-33-25-35(8-15-46(33)90-47)61(64,65)89(86,87)88/h4-9,11,15,25-27,37-38,41-45,48,57,67,84H,10,12-14,16-24,28-31H2,1-3H3,(H2,66,76)(H,68,79)(H,69,78)(H,70,81)(H,71,77,80)(H2,86,87,88)/t38-,41+,42+,43+,44+,45?,57?/m1/s1. The lowest BCUT2D eigenvalue weighted by molar-refractivity contribution is -0.144. The summed E-state index contributed by atoms with van der Waals surface area (Å²) < 4.78 is 69.1. The van der Waals surface area contributed by atoms with Crippen LogP contribution in [-0.2, 0) is 50.8 Å². The fourth-order valence-corrected chi connectivity index (χ4v) is 14.9. The van der Waals surface area contributed by atoms with Crippen molar-refractivity contribution >= 4 is 87.9 Å². The fraction of sp³-hybridized carbons (Fsp3) is 0.525. The highest BCUT2D eigenvalue weighted by molar-refractivity contribution is 7.52. The summed E-state index contributed by atoms with van der Waals surface area (Å²) in [6, 6.07) is 9.63. The molecule has 1 saturated carbocycles. The lowest BCUT2D eigenvalue weighted by Crippen LogP contribution is -2.62. The van der Waals surface area contributed by atoms with Crippen LogP contribution in [0, 0.1) is 5.41 Å². The van der Waals surface area contributed by atoms with Crippen molar-refractivity contribution in [1.82, 2.24) is 40.9 Å². The lowest BCUT2D eigenvalue weighted by atomic mass is 9.60. The van der Waals surface area contributed by atoms with Crippen LogP contribution in [0.5, 0.6) is 0 Å². The second-order valence-electron chi connectivity index (χ2n) is 25.6. The van der Waals surface area contributed by atoms with Crippen molar-refractivity contribution in [3.63, 3.8) is 0 Å². The number of anilines is 1. The Kier molecular flexibility index (Phi) is 18.9. The number of alkyl halides is 4. The Bertz CT molecular complexity index is 3550. The predicted octanol–water partition coefficient (Wildman–Crippen LogP) is 4.41. The lowest BCUT2D eigenvalue weighted by Gasteiger charge is -2.53. The Hall–Kier alpha value is -7.20. The Morgan fingerprint density at radius 3 is 2.20 bits per heavy atom. The molecule has 1 aliphatic carbocycles. The first kappa shape index (κ1) is 65.7.